The molecule has 8 heteroatoms. The normalized spacial score (nSPS) is 15.4. The van der Waals surface area contributed by atoms with E-state index in [1.165, 1.54) is 11.2 Å². The molecule has 0 aromatic heterocycles. The molecule has 1 heterocycles. The maximum atomic E-state index is 12.8. The molecule has 0 bridgehead atoms. The summed E-state index contributed by atoms with van der Waals surface area (Å²) in [7, 11) is -3.57. The second kappa shape index (κ2) is 7.80. The van der Waals surface area contributed by atoms with Crippen LogP contribution in [0, 0.1) is 11.3 Å². The first kappa shape index (κ1) is 19.5. The Labute approximate surface area is 167 Å². The number of ketones is 1. The third-order valence-electron chi connectivity index (χ3n) is 4.54. The van der Waals surface area contributed by atoms with Crippen molar-refractivity contribution in [2.75, 3.05) is 31.1 Å². The molecule has 0 saturated carbocycles. The van der Waals surface area contributed by atoms with E-state index in [0.717, 1.165) is 0 Å². The standard InChI is InChI=1S/C19H18BrN3O3S/c1-14(24)15-5-6-16(13-21)19(11-15)22-7-9-23(10-8-22)27(25,26)18-4-2-3-17(20)12-18/h2-6,11-12H,7-10H2,1H3. The molecular formula is C19H18BrN3O3S. The summed E-state index contributed by atoms with van der Waals surface area (Å²) < 4.78 is 27.8. The summed E-state index contributed by atoms with van der Waals surface area (Å²) in [5.41, 5.74) is 1.68. The Balaban J connectivity index is 1.81. The predicted octanol–water partition coefficient (Wildman–Crippen LogP) is 3.03. The molecule has 1 aliphatic rings. The van der Waals surface area contributed by atoms with Crippen molar-refractivity contribution >= 4 is 37.4 Å². The first-order valence-electron chi connectivity index (χ1n) is 8.38. The Morgan fingerprint density at radius 1 is 1.11 bits per heavy atom. The van der Waals surface area contributed by atoms with Crippen LogP contribution in [0.4, 0.5) is 5.69 Å². The summed E-state index contributed by atoms with van der Waals surface area (Å²) in [5.74, 6) is -0.0726. The van der Waals surface area contributed by atoms with Gasteiger partial charge in [0.15, 0.2) is 5.78 Å². The van der Waals surface area contributed by atoms with Crippen molar-refractivity contribution in [3.05, 3.63) is 58.1 Å². The van der Waals surface area contributed by atoms with Crippen LogP contribution in [0.5, 0.6) is 0 Å². The third-order valence-corrected chi connectivity index (χ3v) is 6.93. The number of sulfonamides is 1. The molecule has 0 spiro atoms. The number of piperazine rings is 1. The third kappa shape index (κ3) is 4.05. The topological polar surface area (TPSA) is 81.5 Å². The summed E-state index contributed by atoms with van der Waals surface area (Å²) in [6, 6.07) is 13.8. The molecule has 0 N–H and O–H groups in total. The van der Waals surface area contributed by atoms with Crippen molar-refractivity contribution in [1.82, 2.24) is 4.31 Å². The number of benzene rings is 2. The van der Waals surface area contributed by atoms with Crippen LogP contribution in [0.2, 0.25) is 0 Å². The van der Waals surface area contributed by atoms with Crippen LogP contribution in [0.25, 0.3) is 0 Å². The second-order valence-electron chi connectivity index (χ2n) is 6.25. The zero-order valence-electron chi connectivity index (χ0n) is 14.7. The van der Waals surface area contributed by atoms with Gasteiger partial charge in [-0.25, -0.2) is 8.42 Å². The van der Waals surface area contributed by atoms with E-state index in [2.05, 4.69) is 22.0 Å². The van der Waals surface area contributed by atoms with Crippen LogP contribution >= 0.6 is 15.9 Å². The molecule has 0 radical (unpaired) electrons. The number of Topliss-reactive ketones (excluding diaryl/α,β-unsaturated/α-hetero) is 1. The van der Waals surface area contributed by atoms with Crippen molar-refractivity contribution in [2.45, 2.75) is 11.8 Å². The molecule has 27 heavy (non-hydrogen) atoms. The van der Waals surface area contributed by atoms with Crippen molar-refractivity contribution in [2.24, 2.45) is 0 Å². The summed E-state index contributed by atoms with van der Waals surface area (Å²) in [6.07, 6.45) is 0. The van der Waals surface area contributed by atoms with Crippen molar-refractivity contribution in [3.8, 4) is 6.07 Å². The van der Waals surface area contributed by atoms with Gasteiger partial charge in [-0.05, 0) is 43.3 Å². The van der Waals surface area contributed by atoms with Gasteiger partial charge in [0.25, 0.3) is 0 Å². The number of halogens is 1. The minimum atomic E-state index is -3.57. The molecule has 0 atom stereocenters. The average Bonchev–Trinajstić information content (AvgIpc) is 2.67. The lowest BCUT2D eigenvalue weighted by Gasteiger charge is -2.35. The van der Waals surface area contributed by atoms with Crippen LogP contribution in [-0.4, -0.2) is 44.7 Å². The highest BCUT2D eigenvalue weighted by atomic mass is 79.9. The number of anilines is 1. The smallest absolute Gasteiger partial charge is 0.243 e. The summed E-state index contributed by atoms with van der Waals surface area (Å²) >= 11 is 3.30. The molecule has 0 unspecified atom stereocenters. The zero-order valence-corrected chi connectivity index (χ0v) is 17.1. The molecule has 140 valence electrons. The van der Waals surface area contributed by atoms with Gasteiger partial charge >= 0.3 is 0 Å². The number of rotatable bonds is 4. The average molecular weight is 448 g/mol. The van der Waals surface area contributed by atoms with Gasteiger partial charge in [0, 0.05) is 36.2 Å². The van der Waals surface area contributed by atoms with Gasteiger partial charge in [0.05, 0.1) is 16.1 Å². The molecule has 1 aliphatic heterocycles. The van der Waals surface area contributed by atoms with Crippen LogP contribution in [0.3, 0.4) is 0 Å². The van der Waals surface area contributed by atoms with Gasteiger partial charge in [-0.15, -0.1) is 0 Å². The van der Waals surface area contributed by atoms with E-state index in [1.807, 2.05) is 4.90 Å². The number of carbonyl (C=O) groups excluding carboxylic acids is 1. The lowest BCUT2D eigenvalue weighted by molar-refractivity contribution is 0.101. The van der Waals surface area contributed by atoms with E-state index in [-0.39, 0.29) is 10.7 Å². The first-order chi connectivity index (χ1) is 12.8. The molecule has 2 aromatic rings. The Morgan fingerprint density at radius 2 is 1.81 bits per heavy atom. The fourth-order valence-electron chi connectivity index (χ4n) is 3.05. The fourth-order valence-corrected chi connectivity index (χ4v) is 5.07. The van der Waals surface area contributed by atoms with Crippen LogP contribution < -0.4 is 4.90 Å². The summed E-state index contributed by atoms with van der Waals surface area (Å²) in [6.45, 7) is 2.99. The highest BCUT2D eigenvalue weighted by Gasteiger charge is 2.29. The maximum absolute atomic E-state index is 12.8. The lowest BCUT2D eigenvalue weighted by atomic mass is 10.1. The van der Waals surface area contributed by atoms with Crippen LogP contribution in [0.1, 0.15) is 22.8 Å². The van der Waals surface area contributed by atoms with Crippen LogP contribution in [-0.2, 0) is 10.0 Å². The molecular weight excluding hydrogens is 430 g/mol. The quantitative estimate of drug-likeness (QED) is 0.672. The van der Waals surface area contributed by atoms with E-state index < -0.39 is 10.0 Å². The Hall–Kier alpha value is -2.21. The summed E-state index contributed by atoms with van der Waals surface area (Å²) in [4.78, 5) is 13.9. The number of nitriles is 1. The minimum Gasteiger partial charge on any atom is -0.368 e. The lowest BCUT2D eigenvalue weighted by Crippen LogP contribution is -2.48. The van der Waals surface area contributed by atoms with Gasteiger partial charge < -0.3 is 4.90 Å². The van der Waals surface area contributed by atoms with E-state index in [1.54, 1.807) is 42.5 Å². The SMILES string of the molecule is CC(=O)c1ccc(C#N)c(N2CCN(S(=O)(=O)c3cccc(Br)c3)CC2)c1. The maximum Gasteiger partial charge on any atom is 0.243 e. The molecule has 1 saturated heterocycles. The number of carbonyl (C=O) groups is 1. The van der Waals surface area contributed by atoms with E-state index in [0.29, 0.717) is 47.5 Å². The Kier molecular flexibility index (Phi) is 5.65. The molecule has 0 aliphatic carbocycles. The van der Waals surface area contributed by atoms with Gasteiger partial charge in [0.1, 0.15) is 6.07 Å². The zero-order chi connectivity index (χ0) is 19.6. The highest BCUT2D eigenvalue weighted by Crippen LogP contribution is 2.26. The van der Waals surface area contributed by atoms with Crippen molar-refractivity contribution < 1.29 is 13.2 Å². The van der Waals surface area contributed by atoms with Crippen molar-refractivity contribution in [3.63, 3.8) is 0 Å². The minimum absolute atomic E-state index is 0.0726. The monoisotopic (exact) mass is 447 g/mol. The second-order valence-corrected chi connectivity index (χ2v) is 9.10. The van der Waals surface area contributed by atoms with Gasteiger partial charge in [-0.2, -0.15) is 9.57 Å². The molecule has 2 aromatic carbocycles. The van der Waals surface area contributed by atoms with E-state index >= 15 is 0 Å². The molecule has 0 amide bonds. The molecule has 6 nitrogen and oxygen atoms in total. The number of hydrogen-bond acceptors (Lipinski definition) is 5. The van der Waals surface area contributed by atoms with E-state index in [4.69, 9.17) is 0 Å². The molecule has 3 rings (SSSR count). The Morgan fingerprint density at radius 3 is 2.41 bits per heavy atom. The first-order valence-corrected chi connectivity index (χ1v) is 10.6. The summed E-state index contributed by atoms with van der Waals surface area (Å²) in [5, 5.41) is 9.36. The highest BCUT2D eigenvalue weighted by molar-refractivity contribution is 9.10. The van der Waals surface area contributed by atoms with Crippen LogP contribution in [0.15, 0.2) is 51.8 Å². The molecule has 1 fully saturated rings. The van der Waals surface area contributed by atoms with Gasteiger partial charge in [-0.1, -0.05) is 22.0 Å². The Bertz CT molecular complexity index is 1020. The number of nitrogens with zero attached hydrogens (tertiary/aromatic N) is 3. The van der Waals surface area contributed by atoms with Crippen molar-refractivity contribution in [1.29, 1.82) is 5.26 Å². The fraction of sp³-hybridized carbons (Fsp3) is 0.263. The largest absolute Gasteiger partial charge is 0.368 e. The number of hydrogen-bond donors (Lipinski definition) is 0. The van der Waals surface area contributed by atoms with Gasteiger partial charge in [0.2, 0.25) is 10.0 Å². The van der Waals surface area contributed by atoms with E-state index in [9.17, 15) is 18.5 Å². The predicted molar refractivity (Wildman–Crippen MR) is 106 cm³/mol. The van der Waals surface area contributed by atoms with Gasteiger partial charge in [-0.3, -0.25) is 4.79 Å².